The zero-order chi connectivity index (χ0) is 20.0. The van der Waals surface area contributed by atoms with Gasteiger partial charge in [0.25, 0.3) is 5.91 Å². The van der Waals surface area contributed by atoms with Gasteiger partial charge >= 0.3 is 0 Å². The number of aromatic nitrogens is 4. The van der Waals surface area contributed by atoms with E-state index in [0.717, 1.165) is 24.8 Å². The van der Waals surface area contributed by atoms with Crippen LogP contribution in [0.25, 0.3) is 11.5 Å². The quantitative estimate of drug-likeness (QED) is 0.732. The minimum atomic E-state index is -0.344. The summed E-state index contributed by atoms with van der Waals surface area (Å²) in [6, 6.07) is 5.14. The monoisotopic (exact) mass is 391 g/mol. The van der Waals surface area contributed by atoms with Crippen molar-refractivity contribution in [2.45, 2.75) is 31.6 Å². The molecule has 3 heterocycles. The van der Waals surface area contributed by atoms with E-state index in [1.807, 2.05) is 13.0 Å². The number of carbonyl (C=O) groups excluding carboxylic acids is 1. The molecule has 29 heavy (non-hydrogen) atoms. The lowest BCUT2D eigenvalue weighted by Crippen LogP contribution is -2.35. The molecule has 1 saturated heterocycles. The molecule has 0 spiro atoms. The molecule has 148 valence electrons. The van der Waals surface area contributed by atoms with Crippen LogP contribution in [0.3, 0.4) is 0 Å². The van der Waals surface area contributed by atoms with Gasteiger partial charge < -0.3 is 14.5 Å². The fourth-order valence-corrected chi connectivity index (χ4v) is 4.73. The van der Waals surface area contributed by atoms with E-state index in [4.69, 9.17) is 4.52 Å². The van der Waals surface area contributed by atoms with Crippen LogP contribution in [0.1, 0.15) is 41.1 Å². The molecule has 8 heteroatoms. The van der Waals surface area contributed by atoms with Crippen molar-refractivity contribution in [1.29, 1.82) is 0 Å². The summed E-state index contributed by atoms with van der Waals surface area (Å²) in [5.41, 5.74) is 1.46. The predicted molar refractivity (Wildman–Crippen MR) is 103 cm³/mol. The predicted octanol–water partition coefficient (Wildman–Crippen LogP) is 2.73. The van der Waals surface area contributed by atoms with E-state index in [1.54, 1.807) is 35.6 Å². The number of hydrogen-bond donors (Lipinski definition) is 1. The highest BCUT2D eigenvalue weighted by Crippen LogP contribution is 2.50. The first-order valence-corrected chi connectivity index (χ1v) is 9.76. The van der Waals surface area contributed by atoms with Crippen molar-refractivity contribution in [3.05, 3.63) is 53.8 Å². The number of phenolic OH excluding ortho intramolecular Hbond substituents is 1. The molecule has 2 aromatic heterocycles. The van der Waals surface area contributed by atoms with Crippen LogP contribution < -0.4 is 0 Å². The van der Waals surface area contributed by atoms with E-state index in [1.165, 1.54) is 0 Å². The maximum atomic E-state index is 13.1. The van der Waals surface area contributed by atoms with E-state index >= 15 is 0 Å². The van der Waals surface area contributed by atoms with Crippen molar-refractivity contribution in [3.63, 3.8) is 0 Å². The molecule has 1 aliphatic heterocycles. The van der Waals surface area contributed by atoms with Gasteiger partial charge in [-0.15, -0.1) is 0 Å². The molecule has 2 atom stereocenters. The van der Waals surface area contributed by atoms with Crippen LogP contribution in [0.4, 0.5) is 0 Å². The highest BCUT2D eigenvalue weighted by Gasteiger charge is 2.55. The SMILES string of the molecule is Cc1ccc(C(=O)N2C[C@H]3CCC[C@@]3(c3nc(-c4cnccn4)no3)C2)c(O)c1. The number of phenols is 1. The van der Waals surface area contributed by atoms with Gasteiger partial charge in [0.1, 0.15) is 11.4 Å². The van der Waals surface area contributed by atoms with Crippen molar-refractivity contribution in [3.8, 4) is 17.3 Å². The molecule has 0 bridgehead atoms. The highest BCUT2D eigenvalue weighted by molar-refractivity contribution is 5.97. The summed E-state index contributed by atoms with van der Waals surface area (Å²) >= 11 is 0. The lowest BCUT2D eigenvalue weighted by atomic mass is 9.80. The molecule has 2 fully saturated rings. The van der Waals surface area contributed by atoms with Gasteiger partial charge in [-0.3, -0.25) is 9.78 Å². The molecule has 3 aromatic rings. The standard InChI is InChI=1S/C21H21N5O3/c1-13-4-5-15(17(27)9-13)19(28)26-11-14-3-2-6-21(14,12-26)20-24-18(25-29-20)16-10-22-7-8-23-16/h4-5,7-10,14,27H,2-3,6,11-12H2,1H3/t14-,21-/m1/s1. The van der Waals surface area contributed by atoms with Crippen LogP contribution in [0.5, 0.6) is 5.75 Å². The normalized spacial score (nSPS) is 23.3. The van der Waals surface area contributed by atoms with Gasteiger partial charge in [-0.1, -0.05) is 17.6 Å². The van der Waals surface area contributed by atoms with Crippen molar-refractivity contribution in [2.75, 3.05) is 13.1 Å². The second kappa shape index (κ2) is 6.65. The number of rotatable bonds is 3. The Kier molecular flexibility index (Phi) is 4.08. The molecule has 8 nitrogen and oxygen atoms in total. The first-order valence-electron chi connectivity index (χ1n) is 9.76. The van der Waals surface area contributed by atoms with Gasteiger partial charge in [0.2, 0.25) is 11.7 Å². The third-order valence-corrected chi connectivity index (χ3v) is 6.19. The van der Waals surface area contributed by atoms with Crippen molar-refractivity contribution in [2.24, 2.45) is 5.92 Å². The summed E-state index contributed by atoms with van der Waals surface area (Å²) in [5.74, 6) is 1.08. The molecule has 1 amide bonds. The fraction of sp³-hybridized carbons (Fsp3) is 0.381. The molecular formula is C21H21N5O3. The molecular weight excluding hydrogens is 370 g/mol. The minimum absolute atomic E-state index is 0.0174. The molecule has 1 saturated carbocycles. The number of benzene rings is 1. The summed E-state index contributed by atoms with van der Waals surface area (Å²) < 4.78 is 5.66. The van der Waals surface area contributed by atoms with E-state index in [-0.39, 0.29) is 23.0 Å². The summed E-state index contributed by atoms with van der Waals surface area (Å²) in [6.45, 7) is 3.01. The Bertz CT molecular complexity index is 1070. The van der Waals surface area contributed by atoms with Crippen LogP contribution in [-0.2, 0) is 5.41 Å². The number of nitrogens with zero attached hydrogens (tertiary/aromatic N) is 5. The molecule has 1 aliphatic carbocycles. The van der Waals surface area contributed by atoms with Gasteiger partial charge in [0.15, 0.2) is 0 Å². The van der Waals surface area contributed by atoms with Gasteiger partial charge in [-0.05, 0) is 43.4 Å². The molecule has 2 aliphatic rings. The molecule has 0 radical (unpaired) electrons. The van der Waals surface area contributed by atoms with Gasteiger partial charge in [0.05, 0.1) is 17.2 Å². The number of likely N-dealkylation sites (tertiary alicyclic amines) is 1. The van der Waals surface area contributed by atoms with Gasteiger partial charge in [0, 0.05) is 25.5 Å². The molecule has 0 unspecified atom stereocenters. The molecule has 5 rings (SSSR count). The van der Waals surface area contributed by atoms with Crippen LogP contribution in [0.2, 0.25) is 0 Å². The van der Waals surface area contributed by atoms with E-state index in [2.05, 4.69) is 20.1 Å². The number of carbonyl (C=O) groups is 1. The van der Waals surface area contributed by atoms with Crippen LogP contribution in [-0.4, -0.2) is 49.1 Å². The van der Waals surface area contributed by atoms with E-state index in [0.29, 0.717) is 36.1 Å². The van der Waals surface area contributed by atoms with Crippen molar-refractivity contribution < 1.29 is 14.4 Å². The summed E-state index contributed by atoms with van der Waals surface area (Å²) in [7, 11) is 0. The van der Waals surface area contributed by atoms with Crippen LogP contribution in [0, 0.1) is 12.8 Å². The third kappa shape index (κ3) is 2.86. The Morgan fingerprint density at radius 1 is 1.34 bits per heavy atom. The summed E-state index contributed by atoms with van der Waals surface area (Å²) in [4.78, 5) is 27.8. The zero-order valence-corrected chi connectivity index (χ0v) is 16.1. The topological polar surface area (TPSA) is 105 Å². The lowest BCUT2D eigenvalue weighted by Gasteiger charge is -2.24. The van der Waals surface area contributed by atoms with Crippen molar-refractivity contribution >= 4 is 5.91 Å². The smallest absolute Gasteiger partial charge is 0.257 e. The maximum absolute atomic E-state index is 13.1. The Balaban J connectivity index is 1.45. The third-order valence-electron chi connectivity index (χ3n) is 6.19. The number of aromatic hydroxyl groups is 1. The fourth-order valence-electron chi connectivity index (χ4n) is 4.73. The maximum Gasteiger partial charge on any atom is 0.257 e. The molecule has 1 aromatic carbocycles. The summed E-state index contributed by atoms with van der Waals surface area (Å²) in [6.07, 6.45) is 7.74. The Hall–Kier alpha value is -3.29. The van der Waals surface area contributed by atoms with Crippen molar-refractivity contribution in [1.82, 2.24) is 25.0 Å². The highest BCUT2D eigenvalue weighted by atomic mass is 16.5. The van der Waals surface area contributed by atoms with Crippen LogP contribution in [0.15, 0.2) is 41.3 Å². The second-order valence-electron chi connectivity index (χ2n) is 7.97. The largest absolute Gasteiger partial charge is 0.507 e. The van der Waals surface area contributed by atoms with Crippen LogP contribution >= 0.6 is 0 Å². The van der Waals surface area contributed by atoms with E-state index < -0.39 is 0 Å². The Morgan fingerprint density at radius 2 is 2.24 bits per heavy atom. The second-order valence-corrected chi connectivity index (χ2v) is 7.97. The Morgan fingerprint density at radius 3 is 3.03 bits per heavy atom. The minimum Gasteiger partial charge on any atom is -0.507 e. The zero-order valence-electron chi connectivity index (χ0n) is 16.1. The number of aryl methyl sites for hydroxylation is 1. The molecule has 1 N–H and O–H groups in total. The Labute approximate surface area is 167 Å². The summed E-state index contributed by atoms with van der Waals surface area (Å²) in [5, 5.41) is 14.3. The average molecular weight is 391 g/mol. The average Bonchev–Trinajstić information content (AvgIpc) is 3.42. The van der Waals surface area contributed by atoms with E-state index in [9.17, 15) is 9.90 Å². The number of fused-ring (bicyclic) bond motifs is 1. The first-order chi connectivity index (χ1) is 14.1. The first kappa shape index (κ1) is 17.8. The van der Waals surface area contributed by atoms with Gasteiger partial charge in [-0.25, -0.2) is 4.98 Å². The number of amides is 1. The van der Waals surface area contributed by atoms with Gasteiger partial charge in [-0.2, -0.15) is 4.98 Å². The lowest BCUT2D eigenvalue weighted by molar-refractivity contribution is 0.0772. The number of hydrogen-bond acceptors (Lipinski definition) is 7.